The van der Waals surface area contributed by atoms with E-state index >= 15 is 0 Å². The van der Waals surface area contributed by atoms with E-state index in [2.05, 4.69) is 62.9 Å². The molecule has 0 atom stereocenters. The number of nitrogens with zero attached hydrogens (tertiary/aromatic N) is 3. The van der Waals surface area contributed by atoms with Crippen molar-refractivity contribution >= 4 is 8.32 Å². The van der Waals surface area contributed by atoms with Crippen molar-refractivity contribution in [3.8, 4) is 0 Å². The second-order valence-electron chi connectivity index (χ2n) is 7.10. The average molecular weight is 318 g/mol. The van der Waals surface area contributed by atoms with Crippen LogP contribution in [0.1, 0.15) is 19.8 Å². The van der Waals surface area contributed by atoms with E-state index in [1.165, 1.54) is 51.6 Å². The van der Waals surface area contributed by atoms with Crippen molar-refractivity contribution in [3.05, 3.63) is 0 Å². The van der Waals surface area contributed by atoms with Gasteiger partial charge in [-0.15, -0.1) is 0 Å². The summed E-state index contributed by atoms with van der Waals surface area (Å²) in [6.07, 6.45) is 2.51. The maximum Gasteiger partial charge on any atom is 0.187 e. The molecule has 128 valence electrons. The molecule has 0 unspecified atom stereocenters. The monoisotopic (exact) mass is 317 g/mol. The molecule has 0 radical (unpaired) electrons. The van der Waals surface area contributed by atoms with E-state index in [4.69, 9.17) is 4.43 Å². The van der Waals surface area contributed by atoms with Gasteiger partial charge in [0.05, 0.1) is 0 Å². The summed E-state index contributed by atoms with van der Waals surface area (Å²) in [4.78, 5) is 7.19. The minimum absolute atomic E-state index is 0.862. The summed E-state index contributed by atoms with van der Waals surface area (Å²) in [5.74, 6) is 0. The van der Waals surface area contributed by atoms with E-state index in [0.717, 1.165) is 6.61 Å². The molecule has 0 spiro atoms. The molecule has 0 heterocycles. The Balaban J connectivity index is 4.16. The third-order valence-corrected chi connectivity index (χ3v) is 6.22. The zero-order valence-electron chi connectivity index (χ0n) is 15.6. The molecular weight excluding hydrogens is 278 g/mol. The van der Waals surface area contributed by atoms with E-state index in [-0.39, 0.29) is 0 Å². The summed E-state index contributed by atoms with van der Waals surface area (Å²) in [7, 11) is 7.17. The molecule has 0 saturated heterocycles. The van der Waals surface area contributed by atoms with E-state index in [1.54, 1.807) is 0 Å². The second-order valence-corrected chi connectivity index (χ2v) is 11.4. The van der Waals surface area contributed by atoms with Crippen LogP contribution in [0.25, 0.3) is 0 Å². The quantitative estimate of drug-likeness (QED) is 0.486. The summed E-state index contributed by atoms with van der Waals surface area (Å²) in [6, 6.07) is 1.24. The van der Waals surface area contributed by atoms with Gasteiger partial charge in [0.2, 0.25) is 0 Å². The predicted molar refractivity (Wildman–Crippen MR) is 96.7 cm³/mol. The molecule has 0 rings (SSSR count). The van der Waals surface area contributed by atoms with E-state index in [9.17, 15) is 0 Å². The fraction of sp³-hybridized carbons (Fsp3) is 1.00. The van der Waals surface area contributed by atoms with Crippen molar-refractivity contribution in [2.24, 2.45) is 0 Å². The zero-order chi connectivity index (χ0) is 16.3. The van der Waals surface area contributed by atoms with Crippen LogP contribution in [0, 0.1) is 0 Å². The van der Waals surface area contributed by atoms with E-state index in [0.29, 0.717) is 0 Å². The van der Waals surface area contributed by atoms with Crippen molar-refractivity contribution in [1.82, 2.24) is 14.7 Å². The highest BCUT2D eigenvalue weighted by atomic mass is 28.4. The topological polar surface area (TPSA) is 19.0 Å². The van der Waals surface area contributed by atoms with E-state index in [1.807, 2.05) is 0 Å². The van der Waals surface area contributed by atoms with Gasteiger partial charge in [-0.1, -0.05) is 0 Å². The van der Waals surface area contributed by atoms with Gasteiger partial charge in [-0.2, -0.15) is 0 Å². The van der Waals surface area contributed by atoms with Gasteiger partial charge in [-0.05, 0) is 99.8 Å². The third kappa shape index (κ3) is 13.4. The summed E-state index contributed by atoms with van der Waals surface area (Å²) in [5.41, 5.74) is 0. The first-order valence-electron chi connectivity index (χ1n) is 8.42. The first-order valence-corrected chi connectivity index (χ1v) is 11.5. The zero-order valence-corrected chi connectivity index (χ0v) is 16.6. The Morgan fingerprint density at radius 3 is 1.62 bits per heavy atom. The Kier molecular flexibility index (Phi) is 11.6. The molecule has 0 aromatic heterocycles. The minimum atomic E-state index is -1.45. The summed E-state index contributed by atoms with van der Waals surface area (Å²) >= 11 is 0. The molecule has 0 aromatic carbocycles. The van der Waals surface area contributed by atoms with Crippen molar-refractivity contribution in [2.75, 3.05) is 67.5 Å². The Hall–Kier alpha value is 0.0569. The molecule has 0 N–H and O–H groups in total. The van der Waals surface area contributed by atoms with Crippen molar-refractivity contribution in [2.45, 2.75) is 38.9 Å². The van der Waals surface area contributed by atoms with Gasteiger partial charge in [-0.3, -0.25) is 0 Å². The van der Waals surface area contributed by atoms with Crippen LogP contribution >= 0.6 is 0 Å². The van der Waals surface area contributed by atoms with Crippen LogP contribution in [0.4, 0.5) is 0 Å². The molecule has 0 aliphatic carbocycles. The smallest absolute Gasteiger partial charge is 0.187 e. The lowest BCUT2D eigenvalue weighted by atomic mass is 10.3. The highest BCUT2D eigenvalue weighted by molar-refractivity contribution is 6.71. The van der Waals surface area contributed by atoms with Crippen LogP contribution in [0.3, 0.4) is 0 Å². The highest BCUT2D eigenvalue weighted by Crippen LogP contribution is 2.12. The molecule has 21 heavy (non-hydrogen) atoms. The number of hydrogen-bond donors (Lipinski definition) is 0. The van der Waals surface area contributed by atoms with Gasteiger partial charge in [0.25, 0.3) is 0 Å². The summed E-state index contributed by atoms with van der Waals surface area (Å²) in [6.45, 7) is 13.6. The second kappa shape index (κ2) is 11.6. The first-order chi connectivity index (χ1) is 9.76. The lowest BCUT2D eigenvalue weighted by Gasteiger charge is -2.28. The number of rotatable bonds is 13. The van der Waals surface area contributed by atoms with Gasteiger partial charge in [-0.25, -0.2) is 0 Å². The van der Waals surface area contributed by atoms with Gasteiger partial charge < -0.3 is 19.1 Å². The van der Waals surface area contributed by atoms with Crippen LogP contribution < -0.4 is 0 Å². The van der Waals surface area contributed by atoms with Crippen LogP contribution in [-0.2, 0) is 4.43 Å². The maximum atomic E-state index is 5.96. The predicted octanol–water partition coefficient (Wildman–Crippen LogP) is 2.43. The molecule has 4 nitrogen and oxygen atoms in total. The minimum Gasteiger partial charge on any atom is -0.418 e. The Labute approximate surface area is 134 Å². The third-order valence-electron chi connectivity index (χ3n) is 3.72. The van der Waals surface area contributed by atoms with Crippen LogP contribution in [-0.4, -0.2) is 90.5 Å². The molecule has 0 aliphatic rings. The molecule has 0 saturated carbocycles. The Morgan fingerprint density at radius 1 is 0.762 bits per heavy atom. The SMILES string of the molecule is CCO[Si](C)(C)CCN(CCCN(C)C)CCCN(C)C. The van der Waals surface area contributed by atoms with E-state index < -0.39 is 8.32 Å². The highest BCUT2D eigenvalue weighted by Gasteiger charge is 2.22. The molecular formula is C16H39N3OSi. The molecule has 5 heteroatoms. The largest absolute Gasteiger partial charge is 0.418 e. The van der Waals surface area contributed by atoms with Gasteiger partial charge in [0.15, 0.2) is 8.32 Å². The average Bonchev–Trinajstić information content (AvgIpc) is 2.34. The molecule has 0 aromatic rings. The standard InChI is InChI=1S/C16H39N3OSi/c1-8-20-21(6,7)16-15-19(13-9-11-17(2)3)14-10-12-18(4)5/h8-16H2,1-7H3. The van der Waals surface area contributed by atoms with Crippen LogP contribution in [0.15, 0.2) is 0 Å². The number of hydrogen-bond acceptors (Lipinski definition) is 4. The first kappa shape index (κ1) is 21.1. The van der Waals surface area contributed by atoms with Crippen molar-refractivity contribution < 1.29 is 4.43 Å². The Bertz CT molecular complexity index is 234. The molecule has 0 fully saturated rings. The molecule has 0 amide bonds. The van der Waals surface area contributed by atoms with Crippen LogP contribution in [0.5, 0.6) is 0 Å². The lowest BCUT2D eigenvalue weighted by Crippen LogP contribution is -2.38. The van der Waals surface area contributed by atoms with Gasteiger partial charge >= 0.3 is 0 Å². The fourth-order valence-electron chi connectivity index (χ4n) is 2.45. The summed E-state index contributed by atoms with van der Waals surface area (Å²) in [5, 5.41) is 0. The molecule has 0 aliphatic heterocycles. The maximum absolute atomic E-state index is 5.96. The molecule has 0 bridgehead atoms. The fourth-order valence-corrected chi connectivity index (χ4v) is 4.23. The van der Waals surface area contributed by atoms with Gasteiger partial charge in [0.1, 0.15) is 0 Å². The lowest BCUT2D eigenvalue weighted by molar-refractivity contribution is 0.244. The normalized spacial score (nSPS) is 12.9. The Morgan fingerprint density at radius 2 is 1.24 bits per heavy atom. The van der Waals surface area contributed by atoms with Crippen LogP contribution in [0.2, 0.25) is 19.1 Å². The summed E-state index contributed by atoms with van der Waals surface area (Å²) < 4.78 is 5.96. The van der Waals surface area contributed by atoms with Crippen molar-refractivity contribution in [1.29, 1.82) is 0 Å². The van der Waals surface area contributed by atoms with Crippen molar-refractivity contribution in [3.63, 3.8) is 0 Å². The van der Waals surface area contributed by atoms with Gasteiger partial charge in [0, 0.05) is 6.61 Å².